The zero-order valence-electron chi connectivity index (χ0n) is 13.4. The van der Waals surface area contributed by atoms with Crippen LogP contribution in [0.15, 0.2) is 66.7 Å². The van der Waals surface area contributed by atoms with Gasteiger partial charge >= 0.3 is 5.97 Å². The average Bonchev–Trinajstić information content (AvgIpc) is 2.62. The Bertz CT molecular complexity index is 881. The highest BCUT2D eigenvalue weighted by atomic mass is 35.5. The highest BCUT2D eigenvalue weighted by molar-refractivity contribution is 6.30. The molecule has 0 fully saturated rings. The molecule has 1 heterocycles. The Kier molecular flexibility index (Phi) is 5.31. The van der Waals surface area contributed by atoms with Gasteiger partial charge in [-0.05, 0) is 35.9 Å². The third-order valence-corrected chi connectivity index (χ3v) is 3.89. The van der Waals surface area contributed by atoms with Gasteiger partial charge in [-0.15, -0.1) is 0 Å². The van der Waals surface area contributed by atoms with E-state index in [1.165, 1.54) is 6.07 Å². The van der Waals surface area contributed by atoms with E-state index in [4.69, 9.17) is 21.4 Å². The maximum atomic E-state index is 11.1. The summed E-state index contributed by atoms with van der Waals surface area (Å²) in [4.78, 5) is 15.2. The number of benzene rings is 2. The van der Waals surface area contributed by atoms with Crippen molar-refractivity contribution in [3.63, 3.8) is 0 Å². The molecule has 4 nitrogen and oxygen atoms in total. The summed E-state index contributed by atoms with van der Waals surface area (Å²) >= 11 is 6.11. The molecule has 3 rings (SSSR count). The summed E-state index contributed by atoms with van der Waals surface area (Å²) in [6.45, 7) is 0.443. The average molecular weight is 354 g/mol. The normalized spacial score (nSPS) is 10.4. The second-order valence-corrected chi connectivity index (χ2v) is 5.96. The molecule has 3 aromatic rings. The van der Waals surface area contributed by atoms with Gasteiger partial charge in [0, 0.05) is 22.7 Å². The number of carboxylic acids is 1. The van der Waals surface area contributed by atoms with Crippen molar-refractivity contribution in [1.82, 2.24) is 4.98 Å². The van der Waals surface area contributed by atoms with Gasteiger partial charge in [-0.3, -0.25) is 0 Å². The van der Waals surface area contributed by atoms with Gasteiger partial charge < -0.3 is 9.84 Å². The van der Waals surface area contributed by atoms with Crippen molar-refractivity contribution in [2.75, 3.05) is 0 Å². The molecule has 0 atom stereocenters. The van der Waals surface area contributed by atoms with Crippen LogP contribution in [-0.4, -0.2) is 16.1 Å². The number of carbonyl (C=O) groups is 1. The summed E-state index contributed by atoms with van der Waals surface area (Å²) in [5.74, 6) is -0.343. The molecule has 0 unspecified atom stereocenters. The van der Waals surface area contributed by atoms with Gasteiger partial charge in [-0.25, -0.2) is 9.78 Å². The molecule has 5 heteroatoms. The number of nitrogens with zero attached hydrogens (tertiary/aromatic N) is 1. The van der Waals surface area contributed by atoms with Crippen molar-refractivity contribution in [2.24, 2.45) is 0 Å². The highest BCUT2D eigenvalue weighted by Gasteiger charge is 2.10. The maximum absolute atomic E-state index is 11.1. The van der Waals surface area contributed by atoms with E-state index in [0.29, 0.717) is 29.5 Å². The lowest BCUT2D eigenvalue weighted by molar-refractivity contribution is 0.0690. The minimum absolute atomic E-state index is 0.0197. The molecule has 1 N–H and O–H groups in total. The number of aromatic carboxylic acids is 1. The van der Waals surface area contributed by atoms with Crippen LogP contribution in [0.4, 0.5) is 0 Å². The Morgan fingerprint density at radius 3 is 2.60 bits per heavy atom. The fraction of sp³-hybridized carbons (Fsp3) is 0.100. The molecule has 1 aromatic heterocycles. The van der Waals surface area contributed by atoms with E-state index < -0.39 is 5.97 Å². The predicted octanol–water partition coefficient (Wildman–Crippen LogP) is 4.60. The molecule has 0 amide bonds. The van der Waals surface area contributed by atoms with Crippen LogP contribution in [-0.2, 0) is 13.0 Å². The Morgan fingerprint density at radius 2 is 1.84 bits per heavy atom. The molecular weight excluding hydrogens is 338 g/mol. The summed E-state index contributed by atoms with van der Waals surface area (Å²) < 4.78 is 5.93. The minimum Gasteiger partial charge on any atom is -0.489 e. The van der Waals surface area contributed by atoms with Crippen LogP contribution in [0.2, 0.25) is 5.02 Å². The molecular formula is C20H16ClNO3. The molecule has 126 valence electrons. The molecule has 0 saturated heterocycles. The number of hydrogen-bond acceptors (Lipinski definition) is 3. The van der Waals surface area contributed by atoms with Gasteiger partial charge in [0.1, 0.15) is 18.1 Å². The number of aromatic nitrogens is 1. The van der Waals surface area contributed by atoms with Gasteiger partial charge in [-0.1, -0.05) is 48.0 Å². The SMILES string of the molecule is O=C(O)c1cccc(Cc2cc(Cl)ccc2OCc2ccccc2)n1. The van der Waals surface area contributed by atoms with E-state index in [9.17, 15) is 4.79 Å². The van der Waals surface area contributed by atoms with E-state index in [1.807, 2.05) is 42.5 Å². The molecule has 2 aromatic carbocycles. The van der Waals surface area contributed by atoms with E-state index >= 15 is 0 Å². The fourth-order valence-corrected chi connectivity index (χ4v) is 2.65. The van der Waals surface area contributed by atoms with Crippen molar-refractivity contribution in [1.29, 1.82) is 0 Å². The highest BCUT2D eigenvalue weighted by Crippen LogP contribution is 2.26. The number of halogens is 1. The van der Waals surface area contributed by atoms with Crippen molar-refractivity contribution in [3.05, 3.63) is 94.3 Å². The number of hydrogen-bond donors (Lipinski definition) is 1. The van der Waals surface area contributed by atoms with E-state index in [-0.39, 0.29) is 5.69 Å². The Hall–Kier alpha value is -2.85. The number of carboxylic acid groups (broad SMARTS) is 1. The van der Waals surface area contributed by atoms with Crippen LogP contribution in [0.25, 0.3) is 0 Å². The van der Waals surface area contributed by atoms with Gasteiger partial charge in [0.05, 0.1) is 0 Å². The van der Waals surface area contributed by atoms with Crippen LogP contribution in [0.1, 0.15) is 27.3 Å². The number of ether oxygens (including phenoxy) is 1. The smallest absolute Gasteiger partial charge is 0.354 e. The van der Waals surface area contributed by atoms with Crippen LogP contribution >= 0.6 is 11.6 Å². The summed E-state index contributed by atoms with van der Waals surface area (Å²) in [6.07, 6.45) is 0.436. The standard InChI is InChI=1S/C20H16ClNO3/c21-16-9-10-19(25-13-14-5-2-1-3-6-14)15(11-16)12-17-7-4-8-18(22-17)20(23)24/h1-11H,12-13H2,(H,23,24). The third kappa shape index (κ3) is 4.58. The lowest BCUT2D eigenvalue weighted by atomic mass is 10.1. The zero-order chi connectivity index (χ0) is 17.6. The molecule has 25 heavy (non-hydrogen) atoms. The largest absolute Gasteiger partial charge is 0.489 e. The first-order valence-corrected chi connectivity index (χ1v) is 8.14. The predicted molar refractivity (Wildman–Crippen MR) is 96.2 cm³/mol. The monoisotopic (exact) mass is 353 g/mol. The Morgan fingerprint density at radius 1 is 1.04 bits per heavy atom. The lowest BCUT2D eigenvalue weighted by Gasteiger charge is -2.12. The topological polar surface area (TPSA) is 59.4 Å². The second-order valence-electron chi connectivity index (χ2n) is 5.52. The quantitative estimate of drug-likeness (QED) is 0.703. The maximum Gasteiger partial charge on any atom is 0.354 e. The minimum atomic E-state index is -1.05. The van der Waals surface area contributed by atoms with E-state index in [2.05, 4.69) is 4.98 Å². The molecule has 0 aliphatic carbocycles. The summed E-state index contributed by atoms with van der Waals surface area (Å²) in [5, 5.41) is 9.67. The van der Waals surface area contributed by atoms with Gasteiger partial charge in [0.25, 0.3) is 0 Å². The molecule has 0 aliphatic rings. The van der Waals surface area contributed by atoms with Gasteiger partial charge in [-0.2, -0.15) is 0 Å². The molecule has 0 bridgehead atoms. The van der Waals surface area contributed by atoms with Crippen LogP contribution in [0.5, 0.6) is 5.75 Å². The van der Waals surface area contributed by atoms with Gasteiger partial charge in [0.2, 0.25) is 0 Å². The Labute approximate surface area is 150 Å². The van der Waals surface area contributed by atoms with E-state index in [0.717, 1.165) is 11.1 Å². The van der Waals surface area contributed by atoms with Crippen LogP contribution in [0.3, 0.4) is 0 Å². The van der Waals surface area contributed by atoms with E-state index in [1.54, 1.807) is 18.2 Å². The van der Waals surface area contributed by atoms with Crippen molar-refractivity contribution in [3.8, 4) is 5.75 Å². The second kappa shape index (κ2) is 7.81. The summed E-state index contributed by atoms with van der Waals surface area (Å²) in [6, 6.07) is 20.2. The fourth-order valence-electron chi connectivity index (χ4n) is 2.45. The van der Waals surface area contributed by atoms with Crippen molar-refractivity contribution in [2.45, 2.75) is 13.0 Å². The first-order valence-electron chi connectivity index (χ1n) is 7.76. The van der Waals surface area contributed by atoms with Crippen molar-refractivity contribution < 1.29 is 14.6 Å². The molecule has 0 spiro atoms. The van der Waals surface area contributed by atoms with Crippen molar-refractivity contribution >= 4 is 17.6 Å². The molecule has 0 aliphatic heterocycles. The number of pyridine rings is 1. The summed E-state index contributed by atoms with van der Waals surface area (Å²) in [7, 11) is 0. The Balaban J connectivity index is 1.81. The number of rotatable bonds is 6. The zero-order valence-corrected chi connectivity index (χ0v) is 14.1. The molecule has 0 radical (unpaired) electrons. The van der Waals surface area contributed by atoms with Crippen LogP contribution in [0, 0.1) is 0 Å². The first kappa shape index (κ1) is 17.0. The summed E-state index contributed by atoms with van der Waals surface area (Å²) in [5.41, 5.74) is 2.59. The first-order chi connectivity index (χ1) is 12.1. The third-order valence-electron chi connectivity index (χ3n) is 3.66. The lowest BCUT2D eigenvalue weighted by Crippen LogP contribution is -2.04. The van der Waals surface area contributed by atoms with Gasteiger partial charge in [0.15, 0.2) is 0 Å². The van der Waals surface area contributed by atoms with Crippen LogP contribution < -0.4 is 4.74 Å². The molecule has 0 saturated carbocycles.